The summed E-state index contributed by atoms with van der Waals surface area (Å²) in [6.45, 7) is 1.39. The molecule has 1 aliphatic rings. The van der Waals surface area contributed by atoms with Crippen LogP contribution in [0.2, 0.25) is 5.02 Å². The molecule has 1 fully saturated rings. The molecule has 1 aliphatic carbocycles. The number of para-hydroxylation sites is 1. The van der Waals surface area contributed by atoms with Gasteiger partial charge in [0.05, 0.1) is 25.2 Å². The molecule has 0 unspecified atom stereocenters. The predicted octanol–water partition coefficient (Wildman–Crippen LogP) is 4.30. The standard InChI is InChI=1S/C23H26ClF3N6O5S/c1-12(19(38-4)20-28-10-15(24)11-29-20)39(34,35)32-22-31-30-21(13-8-14(9-13)23(25,26)27)33(22)18-16(36-2)6-5-7-17(18)37-3/h5-7,10-14,19H,8-9H2,1-4H3,(H,31,32)/t12-,13?,14?,19-/m0/s1. The van der Waals surface area contributed by atoms with Gasteiger partial charge < -0.3 is 14.2 Å². The topological polar surface area (TPSA) is 130 Å². The molecule has 0 saturated heterocycles. The van der Waals surface area contributed by atoms with Crippen LogP contribution in [0.3, 0.4) is 0 Å². The summed E-state index contributed by atoms with van der Waals surface area (Å²) in [6, 6.07) is 4.84. The number of hydrogen-bond donors (Lipinski definition) is 1. The zero-order valence-corrected chi connectivity index (χ0v) is 22.9. The summed E-state index contributed by atoms with van der Waals surface area (Å²) < 4.78 is 86.8. The summed E-state index contributed by atoms with van der Waals surface area (Å²) in [5, 5.41) is 7.13. The maximum atomic E-state index is 13.5. The summed E-state index contributed by atoms with van der Waals surface area (Å²) in [7, 11) is -0.162. The first kappa shape index (κ1) is 28.8. The lowest BCUT2D eigenvalue weighted by Crippen LogP contribution is -2.36. The summed E-state index contributed by atoms with van der Waals surface area (Å²) in [4.78, 5) is 8.11. The van der Waals surface area contributed by atoms with Crippen molar-refractivity contribution in [2.45, 2.75) is 43.2 Å². The molecular formula is C23H26ClF3N6O5S. The average Bonchev–Trinajstić information content (AvgIpc) is 3.24. The van der Waals surface area contributed by atoms with Gasteiger partial charge in [-0.05, 0) is 31.9 Å². The van der Waals surface area contributed by atoms with E-state index in [0.29, 0.717) is 0 Å². The summed E-state index contributed by atoms with van der Waals surface area (Å²) in [5.74, 6) is -1.64. The summed E-state index contributed by atoms with van der Waals surface area (Å²) >= 11 is 5.84. The third-order valence-electron chi connectivity index (χ3n) is 6.58. The van der Waals surface area contributed by atoms with Crippen molar-refractivity contribution < 1.29 is 35.8 Å². The van der Waals surface area contributed by atoms with E-state index < -0.39 is 39.4 Å². The number of alkyl halides is 3. The molecule has 2 aromatic heterocycles. The molecule has 1 saturated carbocycles. The smallest absolute Gasteiger partial charge is 0.391 e. The van der Waals surface area contributed by atoms with Crippen molar-refractivity contribution >= 4 is 27.6 Å². The molecule has 3 aromatic rings. The van der Waals surface area contributed by atoms with Gasteiger partial charge in [-0.1, -0.05) is 17.7 Å². The molecule has 2 heterocycles. The van der Waals surface area contributed by atoms with Gasteiger partial charge in [0, 0.05) is 25.4 Å². The van der Waals surface area contributed by atoms with Gasteiger partial charge >= 0.3 is 6.18 Å². The number of nitrogens with one attached hydrogen (secondary N) is 1. The number of anilines is 1. The minimum Gasteiger partial charge on any atom is -0.494 e. The third-order valence-corrected chi connectivity index (χ3v) is 8.47. The molecule has 2 atom stereocenters. The zero-order valence-electron chi connectivity index (χ0n) is 21.3. The maximum absolute atomic E-state index is 13.5. The van der Waals surface area contributed by atoms with Crippen LogP contribution in [-0.4, -0.2) is 65.9 Å². The molecule has 0 aliphatic heterocycles. The van der Waals surface area contributed by atoms with E-state index in [0.717, 1.165) is 0 Å². The Hall–Kier alpha value is -3.17. The number of ether oxygens (including phenoxy) is 3. The highest BCUT2D eigenvalue weighted by molar-refractivity contribution is 7.93. The Bertz CT molecular complexity index is 1390. The highest BCUT2D eigenvalue weighted by atomic mass is 35.5. The average molecular weight is 591 g/mol. The number of hydrogen-bond acceptors (Lipinski definition) is 9. The number of halogens is 4. The van der Waals surface area contributed by atoms with Crippen LogP contribution in [0.5, 0.6) is 11.5 Å². The molecule has 39 heavy (non-hydrogen) atoms. The van der Waals surface area contributed by atoms with E-state index in [9.17, 15) is 21.6 Å². The first-order valence-corrected chi connectivity index (χ1v) is 13.6. The van der Waals surface area contributed by atoms with Crippen molar-refractivity contribution in [3.8, 4) is 17.2 Å². The lowest BCUT2D eigenvalue weighted by atomic mass is 9.74. The Morgan fingerprint density at radius 2 is 1.67 bits per heavy atom. The largest absolute Gasteiger partial charge is 0.494 e. The van der Waals surface area contributed by atoms with Crippen LogP contribution in [0, 0.1) is 5.92 Å². The van der Waals surface area contributed by atoms with E-state index in [1.54, 1.807) is 18.2 Å². The van der Waals surface area contributed by atoms with E-state index in [1.165, 1.54) is 45.2 Å². The van der Waals surface area contributed by atoms with Crippen molar-refractivity contribution in [3.05, 3.63) is 47.3 Å². The minimum absolute atomic E-state index is 0.0842. The second kappa shape index (κ2) is 11.1. The molecule has 11 nitrogen and oxygen atoms in total. The Labute approximate surface area is 227 Å². The number of aromatic nitrogens is 5. The quantitative estimate of drug-likeness (QED) is 0.367. The van der Waals surface area contributed by atoms with Crippen molar-refractivity contribution in [1.82, 2.24) is 24.7 Å². The highest BCUT2D eigenvalue weighted by Crippen LogP contribution is 2.50. The van der Waals surface area contributed by atoms with Crippen molar-refractivity contribution in [1.29, 1.82) is 0 Å². The second-order valence-corrected chi connectivity index (χ2v) is 11.4. The lowest BCUT2D eigenvalue weighted by molar-refractivity contribution is -0.198. The lowest BCUT2D eigenvalue weighted by Gasteiger charge is -2.36. The molecular weight excluding hydrogens is 565 g/mol. The Balaban J connectivity index is 1.76. The van der Waals surface area contributed by atoms with Crippen LogP contribution >= 0.6 is 11.6 Å². The van der Waals surface area contributed by atoms with E-state index in [4.69, 9.17) is 25.8 Å². The number of benzene rings is 1. The normalized spacial score (nSPS) is 19.2. The second-order valence-electron chi connectivity index (χ2n) is 8.90. The number of nitrogens with zero attached hydrogens (tertiary/aromatic N) is 5. The van der Waals surface area contributed by atoms with E-state index in [-0.39, 0.29) is 52.6 Å². The molecule has 4 rings (SSSR count). The number of rotatable bonds is 10. The first-order valence-electron chi connectivity index (χ1n) is 11.7. The van der Waals surface area contributed by atoms with Gasteiger partial charge in [0.2, 0.25) is 16.0 Å². The Kier molecular flexibility index (Phi) is 8.23. The minimum atomic E-state index is -4.35. The van der Waals surface area contributed by atoms with Gasteiger partial charge in [0.15, 0.2) is 5.82 Å². The fraction of sp³-hybridized carbons (Fsp3) is 0.478. The summed E-state index contributed by atoms with van der Waals surface area (Å²) in [5.41, 5.74) is 0.229. The Morgan fingerprint density at radius 3 is 2.18 bits per heavy atom. The molecule has 0 spiro atoms. The van der Waals surface area contributed by atoms with Crippen molar-refractivity contribution in [2.75, 3.05) is 26.1 Å². The SMILES string of the molecule is COc1cccc(OC)c1-n1c(NS(=O)(=O)[C@@H](C)[C@H](OC)c2ncc(Cl)cn2)nnc1C1CC(C(F)(F)F)C1. The number of sulfonamides is 1. The molecule has 212 valence electrons. The number of methoxy groups -OCH3 is 3. The van der Waals surface area contributed by atoms with Crippen LogP contribution in [0.1, 0.15) is 43.4 Å². The molecule has 1 N–H and O–H groups in total. The van der Waals surface area contributed by atoms with Gasteiger partial charge in [-0.3, -0.25) is 9.29 Å². The van der Waals surface area contributed by atoms with Crippen LogP contribution in [-0.2, 0) is 14.8 Å². The molecule has 16 heteroatoms. The van der Waals surface area contributed by atoms with Crippen LogP contribution in [0.15, 0.2) is 30.6 Å². The van der Waals surface area contributed by atoms with E-state index in [1.807, 2.05) is 0 Å². The fourth-order valence-electron chi connectivity index (χ4n) is 4.35. The molecule has 1 aromatic carbocycles. The fourth-order valence-corrected chi connectivity index (χ4v) is 5.58. The van der Waals surface area contributed by atoms with Crippen LogP contribution in [0.4, 0.5) is 19.1 Å². The first-order chi connectivity index (χ1) is 18.4. The van der Waals surface area contributed by atoms with E-state index >= 15 is 0 Å². The molecule has 0 bridgehead atoms. The third kappa shape index (κ3) is 5.75. The van der Waals surface area contributed by atoms with Gasteiger partial charge in [0.25, 0.3) is 0 Å². The van der Waals surface area contributed by atoms with E-state index in [2.05, 4.69) is 24.9 Å². The maximum Gasteiger partial charge on any atom is 0.391 e. The van der Waals surface area contributed by atoms with Crippen molar-refractivity contribution in [2.24, 2.45) is 5.92 Å². The monoisotopic (exact) mass is 590 g/mol. The molecule has 0 amide bonds. The van der Waals surface area contributed by atoms with Gasteiger partial charge in [0.1, 0.15) is 34.4 Å². The van der Waals surface area contributed by atoms with Crippen LogP contribution in [0.25, 0.3) is 5.69 Å². The van der Waals surface area contributed by atoms with Gasteiger partial charge in [-0.15, -0.1) is 10.2 Å². The van der Waals surface area contributed by atoms with Crippen molar-refractivity contribution in [3.63, 3.8) is 0 Å². The van der Waals surface area contributed by atoms with Gasteiger partial charge in [-0.25, -0.2) is 18.4 Å². The summed E-state index contributed by atoms with van der Waals surface area (Å²) in [6.07, 6.45) is -3.25. The molecule has 0 radical (unpaired) electrons. The van der Waals surface area contributed by atoms with Gasteiger partial charge in [-0.2, -0.15) is 13.2 Å². The Morgan fingerprint density at radius 1 is 1.08 bits per heavy atom. The van der Waals surface area contributed by atoms with Crippen LogP contribution < -0.4 is 14.2 Å². The highest BCUT2D eigenvalue weighted by Gasteiger charge is 2.50. The zero-order chi connectivity index (χ0) is 28.5. The predicted molar refractivity (Wildman–Crippen MR) is 135 cm³/mol.